The number of ether oxygens (including phenoxy) is 1. The van der Waals surface area contributed by atoms with Crippen molar-refractivity contribution >= 4 is 17.5 Å². The van der Waals surface area contributed by atoms with Crippen LogP contribution in [0, 0.1) is 0 Å². The molecule has 1 N–H and O–H groups in total. The lowest BCUT2D eigenvalue weighted by Crippen LogP contribution is -2.41. The van der Waals surface area contributed by atoms with Crippen LogP contribution in [-0.4, -0.2) is 24.0 Å². The summed E-state index contributed by atoms with van der Waals surface area (Å²) in [5, 5.41) is 3.15. The summed E-state index contributed by atoms with van der Waals surface area (Å²) in [6, 6.07) is 15.0. The van der Waals surface area contributed by atoms with E-state index in [1.54, 1.807) is 17.0 Å². The molecule has 4 rings (SSSR count). The topological polar surface area (TPSA) is 58.6 Å². The van der Waals surface area contributed by atoms with E-state index in [2.05, 4.69) is 5.32 Å². The first-order chi connectivity index (χ1) is 12.9. The first-order valence-corrected chi connectivity index (χ1v) is 9.42. The molecular weight excluding hydrogens is 340 g/mol. The zero-order valence-electron chi connectivity index (χ0n) is 15.7. The highest BCUT2D eigenvalue weighted by atomic mass is 16.5. The second-order valence-corrected chi connectivity index (χ2v) is 7.83. The molecule has 27 heavy (non-hydrogen) atoms. The molecule has 0 bridgehead atoms. The van der Waals surface area contributed by atoms with Crippen molar-refractivity contribution in [2.24, 2.45) is 0 Å². The molecule has 1 fully saturated rings. The second-order valence-electron chi connectivity index (χ2n) is 7.83. The fourth-order valence-corrected chi connectivity index (χ4v) is 3.91. The number of hydrogen-bond acceptors (Lipinski definition) is 3. The third kappa shape index (κ3) is 3.54. The monoisotopic (exact) mass is 364 g/mol. The minimum atomic E-state index is -0.351. The molecule has 2 aliphatic rings. The lowest BCUT2D eigenvalue weighted by Gasteiger charge is -2.37. The van der Waals surface area contributed by atoms with Gasteiger partial charge in [-0.05, 0) is 44.5 Å². The molecule has 1 saturated heterocycles. The van der Waals surface area contributed by atoms with Gasteiger partial charge in [0.1, 0.15) is 11.4 Å². The van der Waals surface area contributed by atoms with Gasteiger partial charge in [0.2, 0.25) is 5.91 Å². The van der Waals surface area contributed by atoms with Crippen LogP contribution in [0.25, 0.3) is 0 Å². The van der Waals surface area contributed by atoms with Crippen molar-refractivity contribution in [3.05, 3.63) is 59.7 Å². The summed E-state index contributed by atoms with van der Waals surface area (Å²) < 4.78 is 6.04. The molecule has 2 aromatic rings. The lowest BCUT2D eigenvalue weighted by atomic mass is 9.89. The zero-order chi connectivity index (χ0) is 19.0. The molecule has 5 nitrogen and oxygen atoms in total. The molecule has 0 aliphatic carbocycles. The summed E-state index contributed by atoms with van der Waals surface area (Å²) >= 11 is 0. The standard InChI is InChI=1S/C22H24N2O3/c1-22(2)14-18(17-9-3-4-10-19(17)27-22)23-21(26)15-7-5-8-16(13-15)24-12-6-11-20(24)25/h3-5,7-10,13,18H,6,11-12,14H2,1-2H3,(H,23,26)/t18-/m1/s1. The molecule has 2 aliphatic heterocycles. The number of nitrogens with zero attached hydrogens (tertiary/aromatic N) is 1. The van der Waals surface area contributed by atoms with E-state index in [9.17, 15) is 9.59 Å². The number of amides is 2. The summed E-state index contributed by atoms with van der Waals surface area (Å²) in [5.41, 5.74) is 2.00. The number of hydrogen-bond donors (Lipinski definition) is 1. The molecule has 2 heterocycles. The van der Waals surface area contributed by atoms with Crippen LogP contribution in [0.3, 0.4) is 0 Å². The van der Waals surface area contributed by atoms with Gasteiger partial charge >= 0.3 is 0 Å². The van der Waals surface area contributed by atoms with Gasteiger partial charge in [0, 0.05) is 36.2 Å². The summed E-state index contributed by atoms with van der Waals surface area (Å²) in [5.74, 6) is 0.795. The van der Waals surface area contributed by atoms with E-state index < -0.39 is 0 Å². The van der Waals surface area contributed by atoms with Crippen molar-refractivity contribution in [2.75, 3.05) is 11.4 Å². The van der Waals surface area contributed by atoms with E-state index in [-0.39, 0.29) is 23.5 Å². The first kappa shape index (κ1) is 17.6. The van der Waals surface area contributed by atoms with E-state index in [4.69, 9.17) is 4.74 Å². The van der Waals surface area contributed by atoms with Gasteiger partial charge in [0.05, 0.1) is 6.04 Å². The van der Waals surface area contributed by atoms with E-state index >= 15 is 0 Å². The second kappa shape index (κ2) is 6.72. The van der Waals surface area contributed by atoms with E-state index in [0.29, 0.717) is 24.9 Å². The number of carbonyl (C=O) groups is 2. The van der Waals surface area contributed by atoms with Crippen molar-refractivity contribution in [3.63, 3.8) is 0 Å². The van der Waals surface area contributed by atoms with Gasteiger partial charge in [0.15, 0.2) is 0 Å². The van der Waals surface area contributed by atoms with Crippen molar-refractivity contribution < 1.29 is 14.3 Å². The molecule has 2 aromatic carbocycles. The Kier molecular flexibility index (Phi) is 4.38. The molecule has 1 atom stereocenters. The number of anilines is 1. The van der Waals surface area contributed by atoms with Crippen LogP contribution in [-0.2, 0) is 4.79 Å². The van der Waals surface area contributed by atoms with E-state index in [1.165, 1.54) is 0 Å². The summed E-state index contributed by atoms with van der Waals surface area (Å²) in [6.07, 6.45) is 2.13. The molecular formula is C22H24N2O3. The first-order valence-electron chi connectivity index (χ1n) is 9.42. The molecule has 140 valence electrons. The van der Waals surface area contributed by atoms with Crippen LogP contribution < -0.4 is 15.0 Å². The number of rotatable bonds is 3. The van der Waals surface area contributed by atoms with Gasteiger partial charge in [-0.15, -0.1) is 0 Å². The Hall–Kier alpha value is -2.82. The predicted molar refractivity (Wildman–Crippen MR) is 104 cm³/mol. The van der Waals surface area contributed by atoms with Gasteiger partial charge in [-0.2, -0.15) is 0 Å². The van der Waals surface area contributed by atoms with Gasteiger partial charge in [-0.25, -0.2) is 0 Å². The maximum Gasteiger partial charge on any atom is 0.251 e. The molecule has 0 spiro atoms. The Bertz CT molecular complexity index is 891. The van der Waals surface area contributed by atoms with Gasteiger partial charge < -0.3 is 15.0 Å². The highest BCUT2D eigenvalue weighted by Gasteiger charge is 2.34. The quantitative estimate of drug-likeness (QED) is 0.900. The van der Waals surface area contributed by atoms with Crippen molar-refractivity contribution in [1.82, 2.24) is 5.32 Å². The Balaban J connectivity index is 1.57. The third-order valence-corrected chi connectivity index (χ3v) is 5.18. The van der Waals surface area contributed by atoms with Crippen molar-refractivity contribution in [3.8, 4) is 5.75 Å². The molecule has 0 radical (unpaired) electrons. The maximum absolute atomic E-state index is 12.9. The molecule has 5 heteroatoms. The zero-order valence-corrected chi connectivity index (χ0v) is 15.7. The smallest absolute Gasteiger partial charge is 0.251 e. The Morgan fingerprint density at radius 3 is 2.78 bits per heavy atom. The molecule has 2 amide bonds. The number of fused-ring (bicyclic) bond motifs is 1. The number of benzene rings is 2. The summed E-state index contributed by atoms with van der Waals surface area (Å²) in [7, 11) is 0. The highest BCUT2D eigenvalue weighted by molar-refractivity contribution is 5.99. The van der Waals surface area contributed by atoms with Crippen LogP contribution in [0.1, 0.15) is 55.1 Å². The minimum Gasteiger partial charge on any atom is -0.487 e. The van der Waals surface area contributed by atoms with Crippen LogP contribution in [0.4, 0.5) is 5.69 Å². The summed E-state index contributed by atoms with van der Waals surface area (Å²) in [4.78, 5) is 26.7. The van der Waals surface area contributed by atoms with Gasteiger partial charge in [-0.1, -0.05) is 24.3 Å². The largest absolute Gasteiger partial charge is 0.487 e. The van der Waals surface area contributed by atoms with E-state index in [1.807, 2.05) is 50.2 Å². The fraction of sp³-hybridized carbons (Fsp3) is 0.364. The molecule has 0 saturated carbocycles. The van der Waals surface area contributed by atoms with Crippen LogP contribution in [0.2, 0.25) is 0 Å². The van der Waals surface area contributed by atoms with Gasteiger partial charge in [-0.3, -0.25) is 9.59 Å². The predicted octanol–water partition coefficient (Wildman–Crippen LogP) is 3.85. The lowest BCUT2D eigenvalue weighted by molar-refractivity contribution is -0.117. The fourth-order valence-electron chi connectivity index (χ4n) is 3.91. The molecule has 0 unspecified atom stereocenters. The highest BCUT2D eigenvalue weighted by Crippen LogP contribution is 2.39. The van der Waals surface area contributed by atoms with Crippen LogP contribution in [0.15, 0.2) is 48.5 Å². The van der Waals surface area contributed by atoms with Crippen molar-refractivity contribution in [1.29, 1.82) is 0 Å². The minimum absolute atomic E-state index is 0.116. The third-order valence-electron chi connectivity index (χ3n) is 5.18. The SMILES string of the molecule is CC1(C)C[C@@H](NC(=O)c2cccc(N3CCCC3=O)c2)c2ccccc2O1. The van der Waals surface area contributed by atoms with E-state index in [0.717, 1.165) is 23.4 Å². The van der Waals surface area contributed by atoms with Crippen LogP contribution in [0.5, 0.6) is 5.75 Å². The van der Waals surface area contributed by atoms with Crippen molar-refractivity contribution in [2.45, 2.75) is 44.8 Å². The summed E-state index contributed by atoms with van der Waals surface area (Å²) in [6.45, 7) is 4.77. The normalized spacial score (nSPS) is 20.7. The number of para-hydroxylation sites is 1. The van der Waals surface area contributed by atoms with Gasteiger partial charge in [0.25, 0.3) is 5.91 Å². The molecule has 0 aromatic heterocycles. The Labute approximate surface area is 159 Å². The Morgan fingerprint density at radius 2 is 2.00 bits per heavy atom. The van der Waals surface area contributed by atoms with Crippen LogP contribution >= 0.6 is 0 Å². The maximum atomic E-state index is 12.9. The number of nitrogens with one attached hydrogen (secondary N) is 1. The average Bonchev–Trinajstić information content (AvgIpc) is 3.07. The number of carbonyl (C=O) groups excluding carboxylic acids is 2. The Morgan fingerprint density at radius 1 is 1.19 bits per heavy atom. The average molecular weight is 364 g/mol.